The molecule has 266 valence electrons. The van der Waals surface area contributed by atoms with E-state index in [1.165, 1.54) is 36.8 Å². The fraction of sp³-hybridized carbons (Fsp3) is 0.167. The zero-order valence-electron chi connectivity index (χ0n) is 27.7. The Morgan fingerprint density at radius 3 is 2.37 bits per heavy atom. The molecular weight excluding hydrogens is 719 g/mol. The number of anilines is 2. The Kier molecular flexibility index (Phi) is 11.7. The minimum absolute atomic E-state index is 0.0666. The third kappa shape index (κ3) is 10.3. The van der Waals surface area contributed by atoms with Crippen molar-refractivity contribution < 1.29 is 34.9 Å². The summed E-state index contributed by atoms with van der Waals surface area (Å²) in [6.07, 6.45) is 2.66. The van der Waals surface area contributed by atoms with Gasteiger partial charge in [-0.25, -0.2) is 22.8 Å². The SMILES string of the molecule is CN[C@@H](CS(C)(=O)=O)c1ccc(-c2ccc3ncnc(Nc4ccc(OCc5cccc(F)c5)c(Cl)c4)c3c2)o1.Cc1ccc(S(=O)(=O)O)cc1. The lowest BCUT2D eigenvalue weighted by Gasteiger charge is -2.13. The average molecular weight is 753 g/mol. The van der Waals surface area contributed by atoms with Gasteiger partial charge in [0.1, 0.15) is 51.7 Å². The van der Waals surface area contributed by atoms with Gasteiger partial charge in [-0.1, -0.05) is 41.4 Å². The van der Waals surface area contributed by atoms with Crippen molar-refractivity contribution in [3.8, 4) is 17.1 Å². The molecule has 0 aliphatic carbocycles. The highest BCUT2D eigenvalue weighted by molar-refractivity contribution is 7.90. The van der Waals surface area contributed by atoms with E-state index in [1.54, 1.807) is 49.5 Å². The van der Waals surface area contributed by atoms with Gasteiger partial charge in [0, 0.05) is 22.9 Å². The van der Waals surface area contributed by atoms with Crippen LogP contribution in [-0.4, -0.2) is 50.4 Å². The van der Waals surface area contributed by atoms with Crippen molar-refractivity contribution in [3.05, 3.63) is 131 Å². The van der Waals surface area contributed by atoms with Gasteiger partial charge in [-0.2, -0.15) is 8.42 Å². The van der Waals surface area contributed by atoms with Crippen LogP contribution in [0.3, 0.4) is 0 Å². The van der Waals surface area contributed by atoms with Crippen molar-refractivity contribution >= 4 is 54.0 Å². The zero-order chi connectivity index (χ0) is 36.8. The molecule has 2 heterocycles. The molecule has 3 N–H and O–H groups in total. The second-order valence-electron chi connectivity index (χ2n) is 11.6. The molecule has 11 nitrogen and oxygen atoms in total. The molecule has 4 aromatic carbocycles. The molecule has 0 fully saturated rings. The van der Waals surface area contributed by atoms with Crippen molar-refractivity contribution in [2.45, 2.75) is 24.5 Å². The molecule has 1 atom stereocenters. The first-order valence-corrected chi connectivity index (χ1v) is 19.2. The van der Waals surface area contributed by atoms with Crippen LogP contribution < -0.4 is 15.4 Å². The Labute approximate surface area is 300 Å². The quantitative estimate of drug-likeness (QED) is 0.112. The van der Waals surface area contributed by atoms with Crippen molar-refractivity contribution in [3.63, 3.8) is 0 Å². The van der Waals surface area contributed by atoms with Crippen LogP contribution in [0.25, 0.3) is 22.2 Å². The number of rotatable bonds is 11. The third-order valence-electron chi connectivity index (χ3n) is 7.50. The van der Waals surface area contributed by atoms with Crippen molar-refractivity contribution in [1.29, 1.82) is 0 Å². The number of aryl methyl sites for hydroxylation is 1. The van der Waals surface area contributed by atoms with Crippen LogP contribution in [-0.2, 0) is 26.6 Å². The standard InChI is InChI=1S/C29H26ClFN4O4S.C7H8O3S/c1-32-25(16-40(2,36)37)28-11-10-26(39-28)19-6-8-24-22(13-19)29(34-17-33-24)35-21-7-9-27(23(30)14-21)38-15-18-4-3-5-20(31)12-18;1-6-2-4-7(5-3-6)11(8,9)10/h3-14,17,25,32H,15-16H2,1-2H3,(H,33,34,35);2-5H,1H3,(H,8,9,10)/t25-;/m0./s1. The van der Waals surface area contributed by atoms with E-state index in [2.05, 4.69) is 20.6 Å². The van der Waals surface area contributed by atoms with Crippen LogP contribution in [0.2, 0.25) is 5.02 Å². The van der Waals surface area contributed by atoms with Crippen LogP contribution in [0.1, 0.15) is 22.9 Å². The van der Waals surface area contributed by atoms with E-state index >= 15 is 0 Å². The molecular formula is C36H34ClFN4O7S2. The van der Waals surface area contributed by atoms with Gasteiger partial charge in [-0.05, 0) is 92.3 Å². The van der Waals surface area contributed by atoms with Crippen LogP contribution >= 0.6 is 11.6 Å². The smallest absolute Gasteiger partial charge is 0.294 e. The molecule has 51 heavy (non-hydrogen) atoms. The van der Waals surface area contributed by atoms with E-state index in [0.717, 1.165) is 22.0 Å². The second kappa shape index (κ2) is 16.0. The number of halogens is 2. The lowest BCUT2D eigenvalue weighted by atomic mass is 10.1. The summed E-state index contributed by atoms with van der Waals surface area (Å²) in [6.45, 7) is 2.02. The molecule has 0 saturated heterocycles. The normalized spacial score (nSPS) is 12.2. The first-order chi connectivity index (χ1) is 24.2. The molecule has 6 rings (SSSR count). The molecule has 15 heteroatoms. The molecule has 0 amide bonds. The largest absolute Gasteiger partial charge is 0.487 e. The van der Waals surface area contributed by atoms with E-state index in [0.29, 0.717) is 39.4 Å². The molecule has 6 aromatic rings. The highest BCUT2D eigenvalue weighted by Gasteiger charge is 2.20. The van der Waals surface area contributed by atoms with Gasteiger partial charge in [0.2, 0.25) is 0 Å². The Hall–Kier alpha value is -4.86. The van der Waals surface area contributed by atoms with Crippen molar-refractivity contribution in [2.75, 3.05) is 24.4 Å². The van der Waals surface area contributed by atoms with E-state index in [1.807, 2.05) is 37.3 Å². The van der Waals surface area contributed by atoms with Gasteiger partial charge < -0.3 is 19.8 Å². The Balaban J connectivity index is 0.000000392. The number of nitrogens with one attached hydrogen (secondary N) is 2. The highest BCUT2D eigenvalue weighted by Crippen LogP contribution is 2.33. The Bertz CT molecular complexity index is 2370. The van der Waals surface area contributed by atoms with Gasteiger partial charge in [0.25, 0.3) is 10.1 Å². The molecule has 0 spiro atoms. The summed E-state index contributed by atoms with van der Waals surface area (Å²) in [4.78, 5) is 8.72. The number of nitrogens with zero attached hydrogens (tertiary/aromatic N) is 2. The summed E-state index contributed by atoms with van der Waals surface area (Å²) < 4.78 is 78.4. The second-order valence-corrected chi connectivity index (χ2v) is 15.6. The van der Waals surface area contributed by atoms with Gasteiger partial charge >= 0.3 is 0 Å². The van der Waals surface area contributed by atoms with Crippen LogP contribution in [0.15, 0.2) is 113 Å². The molecule has 0 unspecified atom stereocenters. The third-order valence-corrected chi connectivity index (χ3v) is 9.61. The summed E-state index contributed by atoms with van der Waals surface area (Å²) in [5.41, 5.74) is 3.84. The number of sulfone groups is 1. The maximum absolute atomic E-state index is 13.4. The molecule has 0 bridgehead atoms. The minimum atomic E-state index is -4.02. The number of aromatic nitrogens is 2. The highest BCUT2D eigenvalue weighted by atomic mass is 35.5. The molecule has 0 aliphatic heterocycles. The number of ether oxygens (including phenoxy) is 1. The predicted molar refractivity (Wildman–Crippen MR) is 195 cm³/mol. The number of hydrogen-bond donors (Lipinski definition) is 3. The van der Waals surface area contributed by atoms with Crippen molar-refractivity contribution in [2.24, 2.45) is 0 Å². The molecule has 0 aliphatic rings. The number of fused-ring (bicyclic) bond motifs is 1. The minimum Gasteiger partial charge on any atom is -0.487 e. The van der Waals surface area contributed by atoms with Gasteiger partial charge in [-0.15, -0.1) is 0 Å². The van der Waals surface area contributed by atoms with Gasteiger partial charge in [0.05, 0.1) is 27.2 Å². The first kappa shape index (κ1) is 37.4. The summed E-state index contributed by atoms with van der Waals surface area (Å²) in [7, 11) is -5.53. The first-order valence-electron chi connectivity index (χ1n) is 15.4. The Morgan fingerprint density at radius 1 is 0.941 bits per heavy atom. The van der Waals surface area contributed by atoms with Crippen LogP contribution in [0, 0.1) is 12.7 Å². The van der Waals surface area contributed by atoms with Crippen LogP contribution in [0.4, 0.5) is 15.9 Å². The monoisotopic (exact) mass is 752 g/mol. The fourth-order valence-electron chi connectivity index (χ4n) is 4.95. The maximum Gasteiger partial charge on any atom is 0.294 e. The topological polar surface area (TPSA) is 161 Å². The van der Waals surface area contributed by atoms with E-state index in [-0.39, 0.29) is 23.1 Å². The van der Waals surface area contributed by atoms with Crippen LogP contribution in [0.5, 0.6) is 5.75 Å². The number of benzene rings is 4. The summed E-state index contributed by atoms with van der Waals surface area (Å²) in [5, 5.41) is 7.42. The van der Waals surface area contributed by atoms with Crippen molar-refractivity contribution in [1.82, 2.24) is 15.3 Å². The summed E-state index contributed by atoms with van der Waals surface area (Å²) in [5.74, 6) is 1.74. The summed E-state index contributed by atoms with van der Waals surface area (Å²) >= 11 is 6.47. The molecule has 2 aromatic heterocycles. The average Bonchev–Trinajstić information content (AvgIpc) is 3.57. The van der Waals surface area contributed by atoms with E-state index in [9.17, 15) is 21.2 Å². The molecule has 0 radical (unpaired) electrons. The fourth-order valence-corrected chi connectivity index (χ4v) is 6.60. The maximum atomic E-state index is 13.4. The van der Waals surface area contributed by atoms with Gasteiger partial charge in [0.15, 0.2) is 0 Å². The number of hydrogen-bond acceptors (Lipinski definition) is 10. The lowest BCUT2D eigenvalue weighted by molar-refractivity contribution is 0.306. The predicted octanol–water partition coefficient (Wildman–Crippen LogP) is 7.55. The van der Waals surface area contributed by atoms with E-state index < -0.39 is 26.0 Å². The Morgan fingerprint density at radius 2 is 1.71 bits per heavy atom. The van der Waals surface area contributed by atoms with Gasteiger partial charge in [-0.3, -0.25) is 4.55 Å². The lowest BCUT2D eigenvalue weighted by Crippen LogP contribution is -2.24. The van der Waals surface area contributed by atoms with E-state index in [4.69, 9.17) is 25.3 Å². The summed E-state index contributed by atoms with van der Waals surface area (Å²) in [6, 6.07) is 26.2. The number of furan rings is 1. The zero-order valence-corrected chi connectivity index (χ0v) is 30.1. The molecule has 0 saturated carbocycles.